The minimum absolute atomic E-state index is 0.0436. The van der Waals surface area contributed by atoms with Crippen molar-refractivity contribution in [2.75, 3.05) is 14.2 Å². The van der Waals surface area contributed by atoms with Crippen LogP contribution in [0.15, 0.2) is 88.2 Å². The Morgan fingerprint density at radius 2 is 1.77 bits per heavy atom. The minimum Gasteiger partial charge on any atom is -0.497 e. The van der Waals surface area contributed by atoms with Crippen LogP contribution < -0.4 is 24.4 Å². The number of hydrogen-bond acceptors (Lipinski definition) is 5. The lowest BCUT2D eigenvalue weighted by Gasteiger charge is -2.31. The lowest BCUT2D eigenvalue weighted by Crippen LogP contribution is -2.39. The number of ether oxygens (including phenoxy) is 2. The second-order valence-electron chi connectivity index (χ2n) is 8.63. The average Bonchev–Trinajstić information content (AvgIpc) is 3.21. The van der Waals surface area contributed by atoms with Crippen molar-refractivity contribution >= 4 is 23.1 Å². The van der Waals surface area contributed by atoms with Gasteiger partial charge in [-0.2, -0.15) is 0 Å². The summed E-state index contributed by atoms with van der Waals surface area (Å²) < 4.78 is 13.8. The van der Waals surface area contributed by atoms with Gasteiger partial charge in [0.1, 0.15) is 11.5 Å². The van der Waals surface area contributed by atoms with Gasteiger partial charge in [-0.1, -0.05) is 65.9 Å². The third-order valence-electron chi connectivity index (χ3n) is 6.70. The molecule has 6 rings (SSSR count). The van der Waals surface area contributed by atoms with E-state index in [2.05, 4.69) is 24.3 Å². The highest BCUT2D eigenvalue weighted by molar-refractivity contribution is 7.07. The predicted octanol–water partition coefficient (Wildman–Crippen LogP) is 4.34. The summed E-state index contributed by atoms with van der Waals surface area (Å²) in [6.45, 7) is 0. The topological polar surface area (TPSA) is 52.8 Å². The lowest BCUT2D eigenvalue weighted by atomic mass is 9.83. The molecule has 0 amide bonds. The van der Waals surface area contributed by atoms with E-state index in [1.165, 1.54) is 16.9 Å². The van der Waals surface area contributed by atoms with Gasteiger partial charge in [-0.05, 0) is 53.8 Å². The molecule has 174 valence electrons. The van der Waals surface area contributed by atoms with Crippen LogP contribution in [0.5, 0.6) is 11.5 Å². The Morgan fingerprint density at radius 3 is 2.57 bits per heavy atom. The van der Waals surface area contributed by atoms with E-state index in [0.717, 1.165) is 52.3 Å². The van der Waals surface area contributed by atoms with E-state index >= 15 is 0 Å². The first-order valence-electron chi connectivity index (χ1n) is 11.6. The number of rotatable bonds is 4. The quantitative estimate of drug-likeness (QED) is 0.437. The molecule has 2 aliphatic rings. The van der Waals surface area contributed by atoms with Gasteiger partial charge in [0.05, 0.1) is 30.5 Å². The maximum Gasteiger partial charge on any atom is 0.271 e. The van der Waals surface area contributed by atoms with Crippen molar-refractivity contribution in [1.29, 1.82) is 0 Å². The molecular formula is C29H24N2O3S. The average molecular weight is 481 g/mol. The molecular weight excluding hydrogens is 456 g/mol. The molecule has 0 saturated carbocycles. The molecule has 1 aliphatic carbocycles. The molecule has 0 fully saturated rings. The maximum absolute atomic E-state index is 13.9. The van der Waals surface area contributed by atoms with Crippen molar-refractivity contribution in [2.45, 2.75) is 18.9 Å². The number of aromatic nitrogens is 1. The van der Waals surface area contributed by atoms with Crippen LogP contribution in [0.4, 0.5) is 0 Å². The summed E-state index contributed by atoms with van der Waals surface area (Å²) in [5.74, 6) is 1.45. The van der Waals surface area contributed by atoms with Crippen LogP contribution in [0, 0.1) is 0 Å². The number of thiazole rings is 1. The monoisotopic (exact) mass is 480 g/mol. The van der Waals surface area contributed by atoms with E-state index in [1.54, 1.807) is 14.2 Å². The summed E-state index contributed by atoms with van der Waals surface area (Å²) >= 11 is 1.43. The van der Waals surface area contributed by atoms with Crippen molar-refractivity contribution in [1.82, 2.24) is 4.57 Å². The first-order chi connectivity index (χ1) is 17.2. The van der Waals surface area contributed by atoms with Crippen LogP contribution in [0.1, 0.15) is 34.7 Å². The number of fused-ring (bicyclic) bond motifs is 3. The molecule has 0 radical (unpaired) electrons. The highest BCUT2D eigenvalue weighted by Crippen LogP contribution is 2.44. The zero-order valence-electron chi connectivity index (χ0n) is 19.5. The van der Waals surface area contributed by atoms with Crippen molar-refractivity contribution in [2.24, 2.45) is 4.99 Å². The summed E-state index contributed by atoms with van der Waals surface area (Å²) in [6.07, 6.45) is 3.67. The van der Waals surface area contributed by atoms with Crippen molar-refractivity contribution in [3.8, 4) is 11.5 Å². The minimum atomic E-state index is -0.322. The molecule has 4 aromatic rings. The molecule has 35 heavy (non-hydrogen) atoms. The normalized spacial score (nSPS) is 16.7. The number of methoxy groups -OCH3 is 2. The van der Waals surface area contributed by atoms with Crippen LogP contribution in [-0.2, 0) is 6.42 Å². The largest absolute Gasteiger partial charge is 0.497 e. The Hall–Kier alpha value is -3.90. The fourth-order valence-corrected chi connectivity index (χ4v) is 6.05. The van der Waals surface area contributed by atoms with Gasteiger partial charge in [0.25, 0.3) is 5.56 Å². The maximum atomic E-state index is 13.9. The standard InChI is InChI=1S/C29H24N2O3S/c1-33-20-13-15-24(34-2)23(17-20)27-22-14-12-19-10-6-7-11-21(19)26(22)30-29-31(27)28(32)25(35-29)16-18-8-4-3-5-9-18/h3-11,13,15-17,27H,12,14H2,1-2H3. The van der Waals surface area contributed by atoms with E-state index in [1.807, 2.05) is 59.2 Å². The number of nitrogens with zero attached hydrogens (tertiary/aromatic N) is 2. The first-order valence-corrected chi connectivity index (χ1v) is 12.4. The number of aryl methyl sites for hydroxylation is 1. The zero-order valence-corrected chi connectivity index (χ0v) is 20.3. The zero-order chi connectivity index (χ0) is 23.9. The van der Waals surface area contributed by atoms with Crippen LogP contribution in [0.3, 0.4) is 0 Å². The van der Waals surface area contributed by atoms with Crippen LogP contribution in [-0.4, -0.2) is 18.8 Å². The van der Waals surface area contributed by atoms with Crippen LogP contribution in [0.25, 0.3) is 11.8 Å². The summed E-state index contributed by atoms with van der Waals surface area (Å²) in [6, 6.07) is 23.8. The molecule has 5 nitrogen and oxygen atoms in total. The molecule has 1 aliphatic heterocycles. The molecule has 6 heteroatoms. The SMILES string of the molecule is COc1ccc(OC)c(C2C3=C(N=c4sc(=Cc5ccccc5)c(=O)n42)c2ccccc2CC3)c1. The summed E-state index contributed by atoms with van der Waals surface area (Å²) in [7, 11) is 3.31. The highest BCUT2D eigenvalue weighted by Gasteiger charge is 2.34. The number of hydrogen-bond donors (Lipinski definition) is 0. The fraction of sp³-hybridized carbons (Fsp3) is 0.172. The Kier molecular flexibility index (Phi) is 5.38. The Labute approximate surface area is 206 Å². The van der Waals surface area contributed by atoms with Gasteiger partial charge in [0.2, 0.25) is 0 Å². The Bertz CT molecular complexity index is 1650. The molecule has 0 saturated heterocycles. The summed E-state index contributed by atoms with van der Waals surface area (Å²) in [5.41, 5.74) is 6.38. The predicted molar refractivity (Wildman–Crippen MR) is 139 cm³/mol. The summed E-state index contributed by atoms with van der Waals surface area (Å²) in [5, 5.41) is 0. The molecule has 2 heterocycles. The van der Waals surface area contributed by atoms with Crippen LogP contribution >= 0.6 is 11.3 Å². The van der Waals surface area contributed by atoms with E-state index in [0.29, 0.717) is 9.33 Å². The van der Waals surface area contributed by atoms with Crippen LogP contribution in [0.2, 0.25) is 0 Å². The van der Waals surface area contributed by atoms with Crippen molar-refractivity contribution < 1.29 is 9.47 Å². The molecule has 0 spiro atoms. The smallest absolute Gasteiger partial charge is 0.271 e. The summed E-state index contributed by atoms with van der Waals surface area (Å²) in [4.78, 5) is 19.6. The van der Waals surface area contributed by atoms with Gasteiger partial charge in [-0.25, -0.2) is 4.99 Å². The lowest BCUT2D eigenvalue weighted by molar-refractivity contribution is 0.392. The molecule has 0 N–H and O–H groups in total. The van der Waals surface area contributed by atoms with Gasteiger partial charge in [-0.15, -0.1) is 0 Å². The Morgan fingerprint density at radius 1 is 0.971 bits per heavy atom. The second kappa shape index (κ2) is 8.71. The van der Waals surface area contributed by atoms with Gasteiger partial charge < -0.3 is 9.47 Å². The molecule has 1 atom stereocenters. The first kappa shape index (κ1) is 21.6. The number of allylic oxidation sites excluding steroid dienone is 1. The van der Waals surface area contributed by atoms with E-state index in [-0.39, 0.29) is 11.6 Å². The Balaban J connectivity index is 1.67. The third-order valence-corrected chi connectivity index (χ3v) is 7.68. The second-order valence-corrected chi connectivity index (χ2v) is 9.64. The molecule has 1 aromatic heterocycles. The molecule has 1 unspecified atom stereocenters. The van der Waals surface area contributed by atoms with E-state index < -0.39 is 0 Å². The number of benzene rings is 3. The van der Waals surface area contributed by atoms with Gasteiger partial charge in [0, 0.05) is 11.1 Å². The van der Waals surface area contributed by atoms with Gasteiger partial charge >= 0.3 is 0 Å². The molecule has 0 bridgehead atoms. The van der Waals surface area contributed by atoms with Gasteiger partial charge in [-0.3, -0.25) is 9.36 Å². The highest BCUT2D eigenvalue weighted by atomic mass is 32.1. The third kappa shape index (κ3) is 3.61. The van der Waals surface area contributed by atoms with E-state index in [9.17, 15) is 4.79 Å². The molecule has 3 aromatic carbocycles. The fourth-order valence-electron chi connectivity index (χ4n) is 5.05. The van der Waals surface area contributed by atoms with Gasteiger partial charge in [0.15, 0.2) is 4.80 Å². The van der Waals surface area contributed by atoms with E-state index in [4.69, 9.17) is 14.5 Å². The van der Waals surface area contributed by atoms with Crippen molar-refractivity contribution in [3.63, 3.8) is 0 Å². The van der Waals surface area contributed by atoms with Crippen molar-refractivity contribution in [3.05, 3.63) is 120 Å².